The number of alkyl halides is 2. The summed E-state index contributed by atoms with van der Waals surface area (Å²) in [4.78, 5) is 1.95. The molecule has 0 aromatic carbocycles. The Hall–Kier alpha value is -0.180. The molecule has 1 nitrogen and oxygen atoms in total. The Labute approximate surface area is 65.4 Å². The third-order valence-electron chi connectivity index (χ3n) is 2.79. The summed E-state index contributed by atoms with van der Waals surface area (Å²) < 4.78 is 25.3. The number of halogens is 2. The van der Waals surface area contributed by atoms with E-state index in [4.69, 9.17) is 0 Å². The van der Waals surface area contributed by atoms with Gasteiger partial charge in [-0.3, -0.25) is 4.90 Å². The van der Waals surface area contributed by atoms with E-state index in [1.807, 2.05) is 4.90 Å². The monoisotopic (exact) mass is 161 g/mol. The quantitative estimate of drug-likeness (QED) is 0.567. The molecule has 0 bridgehead atoms. The van der Waals surface area contributed by atoms with Crippen LogP contribution in [0, 0.1) is 0 Å². The Bertz CT molecular complexity index is 154. The molecule has 0 unspecified atom stereocenters. The first-order valence-corrected chi connectivity index (χ1v) is 4.29. The number of hydrogen-bond donors (Lipinski definition) is 0. The lowest BCUT2D eigenvalue weighted by Crippen LogP contribution is -2.39. The highest BCUT2D eigenvalue weighted by Gasteiger charge is 2.41. The minimum atomic E-state index is -2.39. The van der Waals surface area contributed by atoms with Gasteiger partial charge >= 0.3 is 0 Å². The Morgan fingerprint density at radius 1 is 1.27 bits per heavy atom. The van der Waals surface area contributed by atoms with E-state index >= 15 is 0 Å². The van der Waals surface area contributed by atoms with Gasteiger partial charge < -0.3 is 0 Å². The van der Waals surface area contributed by atoms with E-state index in [9.17, 15) is 8.78 Å². The maximum Gasteiger partial charge on any atom is 0.261 e. The zero-order valence-corrected chi connectivity index (χ0v) is 6.52. The number of hydrogen-bond acceptors (Lipinski definition) is 1. The normalized spacial score (nSPS) is 32.2. The van der Waals surface area contributed by atoms with Crippen LogP contribution in [0.25, 0.3) is 0 Å². The van der Waals surface area contributed by atoms with E-state index < -0.39 is 5.92 Å². The molecule has 1 aliphatic heterocycles. The van der Waals surface area contributed by atoms with Gasteiger partial charge in [-0.1, -0.05) is 6.42 Å². The SMILES string of the molecule is FC1(F)CCN(C2CCC2)C1. The first kappa shape index (κ1) is 7.47. The molecule has 0 radical (unpaired) electrons. The molecule has 3 heteroatoms. The zero-order chi connectivity index (χ0) is 7.90. The second kappa shape index (κ2) is 2.41. The molecule has 0 aromatic rings. The summed E-state index contributed by atoms with van der Waals surface area (Å²) >= 11 is 0. The fourth-order valence-electron chi connectivity index (χ4n) is 1.83. The molecule has 2 rings (SSSR count). The predicted octanol–water partition coefficient (Wildman–Crippen LogP) is 1.88. The van der Waals surface area contributed by atoms with Crippen LogP contribution < -0.4 is 0 Å². The van der Waals surface area contributed by atoms with Crippen molar-refractivity contribution in [1.29, 1.82) is 0 Å². The van der Waals surface area contributed by atoms with E-state index in [1.165, 1.54) is 6.42 Å². The zero-order valence-electron chi connectivity index (χ0n) is 6.52. The lowest BCUT2D eigenvalue weighted by molar-refractivity contribution is 0.00253. The molecule has 64 valence electrons. The highest BCUT2D eigenvalue weighted by atomic mass is 19.3. The van der Waals surface area contributed by atoms with Crippen molar-refractivity contribution >= 4 is 0 Å². The highest BCUT2D eigenvalue weighted by molar-refractivity contribution is 4.89. The maximum absolute atomic E-state index is 12.7. The lowest BCUT2D eigenvalue weighted by Gasteiger charge is -2.34. The molecule has 1 heterocycles. The molecule has 0 spiro atoms. The number of likely N-dealkylation sites (tertiary alicyclic amines) is 1. The molecule has 0 amide bonds. The Balaban J connectivity index is 1.88. The summed E-state index contributed by atoms with van der Waals surface area (Å²) in [6.07, 6.45) is 3.57. The van der Waals surface area contributed by atoms with Crippen molar-refractivity contribution in [2.45, 2.75) is 37.6 Å². The predicted molar refractivity (Wildman–Crippen MR) is 38.8 cm³/mol. The molecule has 0 atom stereocenters. The van der Waals surface area contributed by atoms with E-state index in [0.717, 1.165) is 12.8 Å². The van der Waals surface area contributed by atoms with Gasteiger partial charge in [0, 0.05) is 19.0 Å². The van der Waals surface area contributed by atoms with Crippen LogP contribution in [-0.4, -0.2) is 30.0 Å². The molecule has 2 fully saturated rings. The third-order valence-corrected chi connectivity index (χ3v) is 2.79. The molecular formula is C8H13F2N. The Morgan fingerprint density at radius 2 is 2.00 bits per heavy atom. The van der Waals surface area contributed by atoms with Gasteiger partial charge in [0.1, 0.15) is 0 Å². The van der Waals surface area contributed by atoms with E-state index in [0.29, 0.717) is 12.6 Å². The van der Waals surface area contributed by atoms with Crippen LogP contribution in [0.2, 0.25) is 0 Å². The molecule has 2 aliphatic rings. The van der Waals surface area contributed by atoms with Gasteiger partial charge in [0.05, 0.1) is 6.54 Å². The summed E-state index contributed by atoms with van der Waals surface area (Å²) in [5.74, 6) is -2.39. The number of rotatable bonds is 1. The van der Waals surface area contributed by atoms with Crippen molar-refractivity contribution in [1.82, 2.24) is 4.90 Å². The van der Waals surface area contributed by atoms with E-state index in [2.05, 4.69) is 0 Å². The lowest BCUT2D eigenvalue weighted by atomic mass is 9.92. The highest BCUT2D eigenvalue weighted by Crippen LogP contribution is 2.33. The van der Waals surface area contributed by atoms with Gasteiger partial charge in [0.25, 0.3) is 5.92 Å². The van der Waals surface area contributed by atoms with Crippen molar-refractivity contribution in [3.8, 4) is 0 Å². The molecule has 1 saturated heterocycles. The van der Waals surface area contributed by atoms with Crippen LogP contribution in [0.3, 0.4) is 0 Å². The summed E-state index contributed by atoms with van der Waals surface area (Å²) in [5, 5.41) is 0. The molecule has 0 N–H and O–H groups in total. The Kier molecular flexibility index (Phi) is 1.63. The smallest absolute Gasteiger partial charge is 0.261 e. The fourth-order valence-corrected chi connectivity index (χ4v) is 1.83. The van der Waals surface area contributed by atoms with E-state index in [1.54, 1.807) is 0 Å². The molecule has 1 saturated carbocycles. The minimum absolute atomic E-state index is 0.0116. The average Bonchev–Trinajstić information content (AvgIpc) is 2.05. The van der Waals surface area contributed by atoms with Crippen LogP contribution in [0.4, 0.5) is 8.78 Å². The van der Waals surface area contributed by atoms with Crippen molar-refractivity contribution in [3.05, 3.63) is 0 Å². The number of nitrogens with zero attached hydrogens (tertiary/aromatic N) is 1. The first-order valence-electron chi connectivity index (χ1n) is 4.29. The fraction of sp³-hybridized carbons (Fsp3) is 1.00. The topological polar surface area (TPSA) is 3.24 Å². The van der Waals surface area contributed by atoms with Gasteiger partial charge in [-0.15, -0.1) is 0 Å². The summed E-state index contributed by atoms with van der Waals surface area (Å²) in [7, 11) is 0. The van der Waals surface area contributed by atoms with Crippen molar-refractivity contribution < 1.29 is 8.78 Å². The summed E-state index contributed by atoms with van der Waals surface area (Å²) in [6.45, 7) is 0.620. The summed E-state index contributed by atoms with van der Waals surface area (Å²) in [6, 6.07) is 0.489. The van der Waals surface area contributed by atoms with Crippen molar-refractivity contribution in [2.24, 2.45) is 0 Å². The van der Waals surface area contributed by atoms with Crippen LogP contribution in [-0.2, 0) is 0 Å². The van der Waals surface area contributed by atoms with Crippen LogP contribution in [0.1, 0.15) is 25.7 Å². The maximum atomic E-state index is 12.7. The van der Waals surface area contributed by atoms with Crippen molar-refractivity contribution in [2.75, 3.05) is 13.1 Å². The third kappa shape index (κ3) is 1.39. The van der Waals surface area contributed by atoms with Gasteiger partial charge in [-0.05, 0) is 12.8 Å². The molecule has 0 aromatic heterocycles. The largest absolute Gasteiger partial charge is 0.294 e. The molecule has 1 aliphatic carbocycles. The molecule has 11 heavy (non-hydrogen) atoms. The minimum Gasteiger partial charge on any atom is -0.294 e. The Morgan fingerprint density at radius 3 is 2.36 bits per heavy atom. The van der Waals surface area contributed by atoms with Crippen LogP contribution in [0.5, 0.6) is 0 Å². The average molecular weight is 161 g/mol. The second-order valence-corrected chi connectivity index (χ2v) is 3.66. The van der Waals surface area contributed by atoms with E-state index in [-0.39, 0.29) is 13.0 Å². The van der Waals surface area contributed by atoms with Gasteiger partial charge in [0.2, 0.25) is 0 Å². The van der Waals surface area contributed by atoms with Gasteiger partial charge in [-0.25, -0.2) is 8.78 Å². The van der Waals surface area contributed by atoms with Crippen LogP contribution in [0.15, 0.2) is 0 Å². The van der Waals surface area contributed by atoms with Crippen LogP contribution >= 0.6 is 0 Å². The second-order valence-electron chi connectivity index (χ2n) is 3.66. The van der Waals surface area contributed by atoms with Gasteiger partial charge in [-0.2, -0.15) is 0 Å². The molecular weight excluding hydrogens is 148 g/mol. The van der Waals surface area contributed by atoms with Gasteiger partial charge in [0.15, 0.2) is 0 Å². The summed E-state index contributed by atoms with van der Waals surface area (Å²) in [5.41, 5.74) is 0. The first-order chi connectivity index (χ1) is 5.17. The standard InChI is InChI=1S/C8H13F2N/c9-8(10)4-5-11(6-8)7-2-1-3-7/h7H,1-6H2. The van der Waals surface area contributed by atoms with Crippen molar-refractivity contribution in [3.63, 3.8) is 0 Å².